The van der Waals surface area contributed by atoms with Gasteiger partial charge in [-0.2, -0.15) is 4.98 Å². The number of hydrogen-bond acceptors (Lipinski definition) is 6. The van der Waals surface area contributed by atoms with Crippen molar-refractivity contribution in [2.75, 3.05) is 43.5 Å². The highest BCUT2D eigenvalue weighted by atomic mass is 16.5. The Kier molecular flexibility index (Phi) is 4.27. The van der Waals surface area contributed by atoms with Crippen LogP contribution in [0.2, 0.25) is 0 Å². The molecule has 3 aliphatic heterocycles. The van der Waals surface area contributed by atoms with Gasteiger partial charge < -0.3 is 20.3 Å². The summed E-state index contributed by atoms with van der Waals surface area (Å²) >= 11 is 0. The Labute approximate surface area is 148 Å². The van der Waals surface area contributed by atoms with Crippen molar-refractivity contribution in [2.24, 2.45) is 5.41 Å². The molecule has 1 aromatic rings. The Morgan fingerprint density at radius 3 is 2.80 bits per heavy atom. The second-order valence-corrected chi connectivity index (χ2v) is 7.62. The van der Waals surface area contributed by atoms with Gasteiger partial charge in [0.05, 0.1) is 5.41 Å². The molecule has 1 spiro atoms. The van der Waals surface area contributed by atoms with Crippen LogP contribution in [-0.4, -0.2) is 59.7 Å². The maximum absolute atomic E-state index is 13.4. The van der Waals surface area contributed by atoms with Gasteiger partial charge in [-0.25, -0.2) is 4.98 Å². The molecule has 0 aromatic carbocycles. The number of ether oxygens (including phenoxy) is 1. The highest BCUT2D eigenvalue weighted by Crippen LogP contribution is 2.42. The number of aryl methyl sites for hydroxylation is 1. The fourth-order valence-corrected chi connectivity index (χ4v) is 4.63. The number of amides is 1. The van der Waals surface area contributed by atoms with Crippen molar-refractivity contribution < 1.29 is 9.53 Å². The third-order valence-electron chi connectivity index (χ3n) is 5.94. The number of rotatable bonds is 2. The van der Waals surface area contributed by atoms with Crippen LogP contribution in [0.5, 0.6) is 0 Å². The molecular formula is C18H27N5O2. The number of nitrogen functional groups attached to an aromatic ring is 1. The number of aromatic nitrogens is 2. The Hall–Kier alpha value is -1.89. The fraction of sp³-hybridized carbons (Fsp3) is 0.722. The van der Waals surface area contributed by atoms with E-state index in [1.807, 2.05) is 13.0 Å². The highest BCUT2D eigenvalue weighted by Gasteiger charge is 2.50. The lowest BCUT2D eigenvalue weighted by Crippen LogP contribution is -2.54. The van der Waals surface area contributed by atoms with Crippen LogP contribution in [0.4, 0.5) is 11.8 Å². The normalized spacial score (nSPS) is 28.1. The van der Waals surface area contributed by atoms with E-state index in [0.29, 0.717) is 17.9 Å². The van der Waals surface area contributed by atoms with E-state index < -0.39 is 0 Å². The minimum atomic E-state index is -0.260. The van der Waals surface area contributed by atoms with Crippen molar-refractivity contribution in [3.05, 3.63) is 11.8 Å². The average molecular weight is 345 g/mol. The first kappa shape index (κ1) is 16.6. The molecule has 0 radical (unpaired) electrons. The van der Waals surface area contributed by atoms with Crippen molar-refractivity contribution in [3.8, 4) is 0 Å². The number of carbonyl (C=O) groups excluding carboxylic acids is 1. The number of carbonyl (C=O) groups is 1. The number of anilines is 2. The number of hydrogen-bond donors (Lipinski definition) is 1. The minimum absolute atomic E-state index is 0.260. The van der Waals surface area contributed by atoms with Crippen LogP contribution < -0.4 is 10.6 Å². The number of nitrogens with two attached hydrogens (primary N) is 1. The molecule has 1 aromatic heterocycles. The quantitative estimate of drug-likeness (QED) is 0.871. The molecule has 7 heteroatoms. The van der Waals surface area contributed by atoms with Crippen LogP contribution in [-0.2, 0) is 9.53 Å². The van der Waals surface area contributed by atoms with Gasteiger partial charge in [-0.3, -0.25) is 4.79 Å². The Morgan fingerprint density at radius 1 is 1.24 bits per heavy atom. The van der Waals surface area contributed by atoms with E-state index in [9.17, 15) is 4.79 Å². The van der Waals surface area contributed by atoms with E-state index in [1.165, 1.54) is 0 Å². The Balaban J connectivity index is 1.52. The van der Waals surface area contributed by atoms with Crippen molar-refractivity contribution in [3.63, 3.8) is 0 Å². The second kappa shape index (κ2) is 6.44. The van der Waals surface area contributed by atoms with Gasteiger partial charge >= 0.3 is 0 Å². The van der Waals surface area contributed by atoms with Crippen molar-refractivity contribution >= 4 is 17.7 Å². The summed E-state index contributed by atoms with van der Waals surface area (Å²) in [7, 11) is 0. The molecule has 1 amide bonds. The summed E-state index contributed by atoms with van der Waals surface area (Å²) < 4.78 is 5.47. The summed E-state index contributed by atoms with van der Waals surface area (Å²) in [6.07, 6.45) is 4.89. The van der Waals surface area contributed by atoms with Gasteiger partial charge in [0.15, 0.2) is 0 Å². The fourth-order valence-electron chi connectivity index (χ4n) is 4.63. The molecule has 3 fully saturated rings. The maximum Gasteiger partial charge on any atom is 0.230 e. The van der Waals surface area contributed by atoms with Crippen LogP contribution in [0.1, 0.15) is 37.8 Å². The number of piperidine rings is 1. The first-order valence-electron chi connectivity index (χ1n) is 9.32. The second-order valence-electron chi connectivity index (χ2n) is 7.62. The smallest absolute Gasteiger partial charge is 0.230 e. The summed E-state index contributed by atoms with van der Waals surface area (Å²) in [4.78, 5) is 26.2. The summed E-state index contributed by atoms with van der Waals surface area (Å²) in [6, 6.07) is 2.31. The Bertz CT molecular complexity index is 641. The van der Waals surface area contributed by atoms with Crippen LogP contribution in [0, 0.1) is 12.3 Å². The standard InChI is InChI=1S/C18H27N5O2/c1-13-11-15(21-17(19)20-13)22-8-6-18(12-22)5-2-7-23(16(18)24)14-3-9-25-10-4-14/h11,14H,2-10,12H2,1H3,(H2,19,20,21)/t18-/m1/s1. The molecule has 0 saturated carbocycles. The Morgan fingerprint density at radius 2 is 2.04 bits per heavy atom. The molecule has 3 saturated heterocycles. The molecule has 0 bridgehead atoms. The van der Waals surface area contributed by atoms with E-state index in [2.05, 4.69) is 19.8 Å². The van der Waals surface area contributed by atoms with E-state index >= 15 is 0 Å². The molecular weight excluding hydrogens is 318 g/mol. The number of likely N-dealkylation sites (tertiary alicyclic amines) is 1. The third kappa shape index (κ3) is 3.05. The molecule has 25 heavy (non-hydrogen) atoms. The summed E-state index contributed by atoms with van der Waals surface area (Å²) in [6.45, 7) is 5.95. The number of nitrogens with zero attached hydrogens (tertiary/aromatic N) is 4. The third-order valence-corrected chi connectivity index (χ3v) is 5.94. The van der Waals surface area contributed by atoms with E-state index in [-0.39, 0.29) is 5.41 Å². The first-order chi connectivity index (χ1) is 12.1. The van der Waals surface area contributed by atoms with Crippen molar-refractivity contribution in [1.29, 1.82) is 0 Å². The monoisotopic (exact) mass is 345 g/mol. The molecule has 0 unspecified atom stereocenters. The summed E-state index contributed by atoms with van der Waals surface area (Å²) in [5.41, 5.74) is 6.41. The molecule has 2 N–H and O–H groups in total. The topological polar surface area (TPSA) is 84.6 Å². The molecule has 3 aliphatic rings. The summed E-state index contributed by atoms with van der Waals surface area (Å²) in [5, 5.41) is 0. The van der Waals surface area contributed by atoms with Crippen molar-refractivity contribution in [2.45, 2.75) is 45.1 Å². The van der Waals surface area contributed by atoms with Crippen molar-refractivity contribution in [1.82, 2.24) is 14.9 Å². The predicted molar refractivity (Wildman–Crippen MR) is 95.2 cm³/mol. The largest absolute Gasteiger partial charge is 0.381 e. The van der Waals surface area contributed by atoms with Gasteiger partial charge in [-0.1, -0.05) is 0 Å². The molecule has 0 aliphatic carbocycles. The first-order valence-corrected chi connectivity index (χ1v) is 9.32. The minimum Gasteiger partial charge on any atom is -0.381 e. The molecule has 4 heterocycles. The molecule has 136 valence electrons. The van der Waals surface area contributed by atoms with E-state index in [1.54, 1.807) is 0 Å². The van der Waals surface area contributed by atoms with Gasteiger partial charge in [0, 0.05) is 50.7 Å². The van der Waals surface area contributed by atoms with Crippen LogP contribution in [0.3, 0.4) is 0 Å². The predicted octanol–water partition coefficient (Wildman–Crippen LogP) is 1.37. The lowest BCUT2D eigenvalue weighted by molar-refractivity contribution is -0.149. The van der Waals surface area contributed by atoms with Gasteiger partial charge in [0.1, 0.15) is 5.82 Å². The SMILES string of the molecule is Cc1cc(N2CC[C@]3(CCCN(C4CCOCC4)C3=O)C2)nc(N)n1. The van der Waals surface area contributed by atoms with E-state index in [0.717, 1.165) is 76.5 Å². The lowest BCUT2D eigenvalue weighted by Gasteiger charge is -2.44. The lowest BCUT2D eigenvalue weighted by atomic mass is 9.77. The molecule has 7 nitrogen and oxygen atoms in total. The highest BCUT2D eigenvalue weighted by molar-refractivity contribution is 5.85. The molecule has 1 atom stereocenters. The summed E-state index contributed by atoms with van der Waals surface area (Å²) in [5.74, 6) is 1.49. The average Bonchev–Trinajstić information content (AvgIpc) is 3.03. The van der Waals surface area contributed by atoms with Crippen LogP contribution >= 0.6 is 0 Å². The zero-order chi connectivity index (χ0) is 17.4. The molecule has 4 rings (SSSR count). The van der Waals surface area contributed by atoms with Gasteiger partial charge in [-0.05, 0) is 39.0 Å². The van der Waals surface area contributed by atoms with Gasteiger partial charge in [0.2, 0.25) is 11.9 Å². The van der Waals surface area contributed by atoms with Crippen LogP contribution in [0.15, 0.2) is 6.07 Å². The maximum atomic E-state index is 13.4. The van der Waals surface area contributed by atoms with Gasteiger partial charge in [-0.15, -0.1) is 0 Å². The van der Waals surface area contributed by atoms with E-state index in [4.69, 9.17) is 10.5 Å². The zero-order valence-electron chi connectivity index (χ0n) is 14.9. The van der Waals surface area contributed by atoms with Gasteiger partial charge in [0.25, 0.3) is 0 Å². The van der Waals surface area contributed by atoms with Crippen LogP contribution in [0.25, 0.3) is 0 Å². The zero-order valence-corrected chi connectivity index (χ0v) is 14.9.